The van der Waals surface area contributed by atoms with Crippen molar-refractivity contribution in [3.05, 3.63) is 0 Å². The number of nitrogens with zero attached hydrogens (tertiary/aromatic N) is 1. The first-order valence-corrected chi connectivity index (χ1v) is 4.40. The van der Waals surface area contributed by atoms with Crippen LogP contribution in [0.5, 0.6) is 0 Å². The molecule has 2 rings (SSSR count). The second kappa shape index (κ2) is 4.11. The number of carboxylic acids is 1. The van der Waals surface area contributed by atoms with Gasteiger partial charge in [-0.3, -0.25) is 19.8 Å². The Hall–Kier alpha value is -1.22. The molecule has 2 aliphatic heterocycles. The van der Waals surface area contributed by atoms with Crippen LogP contribution in [-0.2, 0) is 9.59 Å². The number of carboxylic acid groups (broad SMARTS) is 1. The van der Waals surface area contributed by atoms with Gasteiger partial charge in [-0.05, 0) is 6.92 Å². The Morgan fingerprint density at radius 2 is 2.20 bits per heavy atom. The Labute approximate surface area is 85.9 Å². The summed E-state index contributed by atoms with van der Waals surface area (Å²) >= 11 is 0. The summed E-state index contributed by atoms with van der Waals surface area (Å²) in [5.74, 6) is -2.42. The second-order valence-corrected chi connectivity index (χ2v) is 3.41. The molecule has 0 aromatic heterocycles. The highest BCUT2D eigenvalue weighted by Gasteiger charge is 2.44. The lowest BCUT2D eigenvalue weighted by atomic mass is 10.1. The maximum Gasteiger partial charge on any atom is 0.317 e. The molecule has 0 aromatic rings. The van der Waals surface area contributed by atoms with Gasteiger partial charge in [0.2, 0.25) is 5.91 Å². The molecule has 0 aliphatic carbocycles. The molecule has 0 bridgehead atoms. The van der Waals surface area contributed by atoms with Crippen LogP contribution in [0.15, 0.2) is 0 Å². The number of aliphatic carboxylic acids is 1. The highest BCUT2D eigenvalue weighted by Crippen LogP contribution is 2.16. The first kappa shape index (κ1) is 11.9. The number of amides is 1. The predicted octanol–water partition coefficient (Wildman–Crippen LogP) is -2.97. The van der Waals surface area contributed by atoms with Gasteiger partial charge in [0.25, 0.3) is 0 Å². The standard InChI is InChI=1S/C7H12N4O3.H2O/c1-3-9-10-7-8-2-4(6(13)14)5(12)11(3)7;/h3-4,7-10H,2H2,1H3,(H,13,14);1H2. The molecule has 0 spiro atoms. The van der Waals surface area contributed by atoms with Gasteiger partial charge >= 0.3 is 5.97 Å². The number of hydrazine groups is 1. The van der Waals surface area contributed by atoms with Crippen molar-refractivity contribution in [3.8, 4) is 0 Å². The molecule has 2 aliphatic rings. The van der Waals surface area contributed by atoms with Crippen molar-refractivity contribution in [2.24, 2.45) is 5.92 Å². The van der Waals surface area contributed by atoms with E-state index in [2.05, 4.69) is 16.2 Å². The van der Waals surface area contributed by atoms with Crippen LogP contribution in [0.4, 0.5) is 0 Å². The molecular weight excluding hydrogens is 204 g/mol. The van der Waals surface area contributed by atoms with E-state index in [1.54, 1.807) is 6.92 Å². The van der Waals surface area contributed by atoms with Crippen molar-refractivity contribution in [1.29, 1.82) is 0 Å². The van der Waals surface area contributed by atoms with Crippen LogP contribution < -0.4 is 16.2 Å². The van der Waals surface area contributed by atoms with E-state index in [0.29, 0.717) is 0 Å². The van der Waals surface area contributed by atoms with Gasteiger partial charge in [-0.25, -0.2) is 10.9 Å². The Morgan fingerprint density at radius 1 is 1.53 bits per heavy atom. The molecule has 1 amide bonds. The van der Waals surface area contributed by atoms with E-state index in [-0.39, 0.29) is 30.4 Å². The summed E-state index contributed by atoms with van der Waals surface area (Å²) in [5.41, 5.74) is 5.70. The van der Waals surface area contributed by atoms with Gasteiger partial charge in [0.15, 0.2) is 6.29 Å². The Morgan fingerprint density at radius 3 is 2.80 bits per heavy atom. The zero-order chi connectivity index (χ0) is 10.3. The average Bonchev–Trinajstić information content (AvgIpc) is 2.48. The van der Waals surface area contributed by atoms with Crippen molar-refractivity contribution in [1.82, 2.24) is 21.1 Å². The number of carbonyl (C=O) groups is 2. The molecule has 15 heavy (non-hydrogen) atoms. The number of hydrogen-bond donors (Lipinski definition) is 4. The maximum absolute atomic E-state index is 11.7. The van der Waals surface area contributed by atoms with Crippen LogP contribution in [-0.4, -0.2) is 46.4 Å². The first-order chi connectivity index (χ1) is 6.61. The lowest BCUT2D eigenvalue weighted by Crippen LogP contribution is -2.61. The van der Waals surface area contributed by atoms with Gasteiger partial charge in [0.1, 0.15) is 5.92 Å². The summed E-state index contributed by atoms with van der Waals surface area (Å²) in [4.78, 5) is 23.9. The molecule has 8 heteroatoms. The summed E-state index contributed by atoms with van der Waals surface area (Å²) in [6.45, 7) is 1.95. The summed E-state index contributed by atoms with van der Waals surface area (Å²) in [7, 11) is 0. The fraction of sp³-hybridized carbons (Fsp3) is 0.714. The summed E-state index contributed by atoms with van der Waals surface area (Å²) < 4.78 is 0. The zero-order valence-electron chi connectivity index (χ0n) is 8.15. The topological polar surface area (TPSA) is 125 Å². The van der Waals surface area contributed by atoms with E-state index in [0.717, 1.165) is 0 Å². The molecule has 6 N–H and O–H groups in total. The average molecular weight is 218 g/mol. The summed E-state index contributed by atoms with van der Waals surface area (Å²) in [6.07, 6.45) is -0.491. The van der Waals surface area contributed by atoms with Crippen LogP contribution in [0.3, 0.4) is 0 Å². The molecule has 0 radical (unpaired) electrons. The predicted molar refractivity (Wildman–Crippen MR) is 49.1 cm³/mol. The minimum Gasteiger partial charge on any atom is -0.481 e. The number of fused-ring (bicyclic) bond motifs is 1. The molecule has 2 fully saturated rings. The van der Waals surface area contributed by atoms with Crippen molar-refractivity contribution in [3.63, 3.8) is 0 Å². The van der Waals surface area contributed by atoms with E-state index < -0.39 is 11.9 Å². The van der Waals surface area contributed by atoms with Crippen molar-refractivity contribution in [2.45, 2.75) is 19.4 Å². The number of hydrogen-bond acceptors (Lipinski definition) is 5. The van der Waals surface area contributed by atoms with Crippen LogP contribution >= 0.6 is 0 Å². The molecule has 0 aromatic carbocycles. The zero-order valence-corrected chi connectivity index (χ0v) is 8.15. The van der Waals surface area contributed by atoms with E-state index in [1.165, 1.54) is 4.90 Å². The van der Waals surface area contributed by atoms with Gasteiger partial charge in [-0.2, -0.15) is 0 Å². The molecule has 8 nitrogen and oxygen atoms in total. The minimum absolute atomic E-state index is 0. The molecule has 0 saturated carbocycles. The Balaban J connectivity index is 0.00000112. The van der Waals surface area contributed by atoms with Gasteiger partial charge < -0.3 is 10.6 Å². The molecule has 86 valence electrons. The second-order valence-electron chi connectivity index (χ2n) is 3.41. The van der Waals surface area contributed by atoms with Crippen LogP contribution in [0, 0.1) is 5.92 Å². The fourth-order valence-corrected chi connectivity index (χ4v) is 1.72. The smallest absolute Gasteiger partial charge is 0.317 e. The summed E-state index contributed by atoms with van der Waals surface area (Å²) in [5, 5.41) is 11.7. The number of carbonyl (C=O) groups excluding carboxylic acids is 1. The lowest BCUT2D eigenvalue weighted by Gasteiger charge is -2.34. The van der Waals surface area contributed by atoms with Gasteiger partial charge in [0, 0.05) is 6.54 Å². The molecular formula is C7H14N4O4. The normalized spacial score (nSPS) is 34.6. The number of nitrogens with one attached hydrogen (secondary N) is 3. The summed E-state index contributed by atoms with van der Waals surface area (Å²) in [6, 6.07) is 0. The van der Waals surface area contributed by atoms with Crippen molar-refractivity contribution >= 4 is 11.9 Å². The van der Waals surface area contributed by atoms with Crippen LogP contribution in [0.1, 0.15) is 6.92 Å². The van der Waals surface area contributed by atoms with E-state index in [4.69, 9.17) is 5.11 Å². The van der Waals surface area contributed by atoms with E-state index >= 15 is 0 Å². The third-order valence-electron chi connectivity index (χ3n) is 2.49. The number of rotatable bonds is 1. The van der Waals surface area contributed by atoms with Crippen LogP contribution in [0.2, 0.25) is 0 Å². The molecule has 3 atom stereocenters. The van der Waals surface area contributed by atoms with Gasteiger partial charge in [0.05, 0.1) is 6.17 Å². The molecule has 2 heterocycles. The van der Waals surface area contributed by atoms with Crippen molar-refractivity contribution < 1.29 is 20.2 Å². The first-order valence-electron chi connectivity index (χ1n) is 4.40. The van der Waals surface area contributed by atoms with Crippen molar-refractivity contribution in [2.75, 3.05) is 6.54 Å². The molecule has 3 unspecified atom stereocenters. The SMILES string of the molecule is CC1NNC2NCC(C(=O)O)C(=O)N12.O. The Kier molecular flexibility index (Phi) is 3.25. The monoisotopic (exact) mass is 218 g/mol. The van der Waals surface area contributed by atoms with Gasteiger partial charge in [-0.1, -0.05) is 0 Å². The van der Waals surface area contributed by atoms with Gasteiger partial charge in [-0.15, -0.1) is 0 Å². The van der Waals surface area contributed by atoms with E-state index in [1.807, 2.05) is 0 Å². The lowest BCUT2D eigenvalue weighted by molar-refractivity contribution is -0.155. The highest BCUT2D eigenvalue weighted by atomic mass is 16.4. The molecule has 2 saturated heterocycles. The van der Waals surface area contributed by atoms with E-state index in [9.17, 15) is 9.59 Å². The Bertz CT molecular complexity index is 284. The largest absolute Gasteiger partial charge is 0.481 e. The fourth-order valence-electron chi connectivity index (χ4n) is 1.72. The maximum atomic E-state index is 11.7. The highest BCUT2D eigenvalue weighted by molar-refractivity contribution is 5.98. The quantitative estimate of drug-likeness (QED) is 0.348. The third-order valence-corrected chi connectivity index (χ3v) is 2.49. The minimum atomic E-state index is -1.08. The van der Waals surface area contributed by atoms with Crippen LogP contribution in [0.25, 0.3) is 0 Å². The third kappa shape index (κ3) is 1.79.